The molecule has 0 atom stereocenters. The molecule has 0 spiro atoms. The number of aromatic nitrogens is 1. The van der Waals surface area contributed by atoms with Gasteiger partial charge >= 0.3 is 0 Å². The quantitative estimate of drug-likeness (QED) is 0.353. The first kappa shape index (κ1) is 22.9. The van der Waals surface area contributed by atoms with Gasteiger partial charge in [-0.2, -0.15) is 0 Å². The van der Waals surface area contributed by atoms with Gasteiger partial charge in [-0.25, -0.2) is 4.98 Å². The van der Waals surface area contributed by atoms with Gasteiger partial charge in [0, 0.05) is 30.5 Å². The summed E-state index contributed by atoms with van der Waals surface area (Å²) in [6, 6.07) is 15.2. The molecule has 1 N–H and O–H groups in total. The molecule has 1 aliphatic rings. The van der Waals surface area contributed by atoms with Crippen LogP contribution in [0.2, 0.25) is 0 Å². The van der Waals surface area contributed by atoms with Gasteiger partial charge in [0.05, 0.1) is 21.8 Å². The lowest BCUT2D eigenvalue weighted by Crippen LogP contribution is -2.30. The number of unbranched alkanes of at least 4 members (excludes halogenated alkanes) is 2. The van der Waals surface area contributed by atoms with E-state index in [0.717, 1.165) is 35.5 Å². The summed E-state index contributed by atoms with van der Waals surface area (Å²) < 4.78 is 0. The van der Waals surface area contributed by atoms with E-state index in [4.69, 9.17) is 0 Å². The zero-order valence-corrected chi connectivity index (χ0v) is 19.5. The summed E-state index contributed by atoms with van der Waals surface area (Å²) in [5.41, 5.74) is 4.24. The molecule has 0 saturated carbocycles. The Morgan fingerprint density at radius 3 is 2.30 bits per heavy atom. The molecule has 4 rings (SSSR count). The monoisotopic (exact) mass is 461 g/mol. The van der Waals surface area contributed by atoms with Crippen LogP contribution in [0.5, 0.6) is 0 Å². The summed E-state index contributed by atoms with van der Waals surface area (Å²) in [4.78, 5) is 42.6. The molecule has 170 valence electrons. The highest BCUT2D eigenvalue weighted by molar-refractivity contribution is 7.09. The molecule has 3 amide bonds. The number of nitrogens with zero attached hydrogens (tertiary/aromatic N) is 2. The molecule has 0 radical (unpaired) electrons. The minimum absolute atomic E-state index is 0.0327. The molecule has 1 aliphatic heterocycles. The fourth-order valence-corrected chi connectivity index (χ4v) is 4.57. The van der Waals surface area contributed by atoms with Crippen LogP contribution in [0.1, 0.15) is 57.0 Å². The second kappa shape index (κ2) is 10.5. The Morgan fingerprint density at radius 2 is 1.67 bits per heavy atom. The number of imide groups is 1. The van der Waals surface area contributed by atoms with Crippen LogP contribution in [0.4, 0.5) is 0 Å². The van der Waals surface area contributed by atoms with Gasteiger partial charge in [0.2, 0.25) is 5.91 Å². The van der Waals surface area contributed by atoms with Crippen molar-refractivity contribution in [2.24, 2.45) is 0 Å². The Hall–Kier alpha value is -3.32. The van der Waals surface area contributed by atoms with E-state index >= 15 is 0 Å². The number of carbonyl (C=O) groups is 3. The third kappa shape index (κ3) is 5.54. The molecule has 33 heavy (non-hydrogen) atoms. The van der Waals surface area contributed by atoms with E-state index in [1.807, 2.05) is 6.92 Å². The van der Waals surface area contributed by atoms with Gasteiger partial charge in [-0.15, -0.1) is 11.3 Å². The van der Waals surface area contributed by atoms with Crippen LogP contribution in [0, 0.1) is 6.92 Å². The van der Waals surface area contributed by atoms with Crippen molar-refractivity contribution in [1.82, 2.24) is 15.2 Å². The van der Waals surface area contributed by atoms with E-state index in [-0.39, 0.29) is 17.7 Å². The Bertz CT molecular complexity index is 1120. The first-order chi connectivity index (χ1) is 16.0. The maximum Gasteiger partial charge on any atom is 0.261 e. The van der Waals surface area contributed by atoms with E-state index in [2.05, 4.69) is 39.9 Å². The van der Waals surface area contributed by atoms with Gasteiger partial charge in [-0.05, 0) is 43.9 Å². The number of hydrogen-bond acceptors (Lipinski definition) is 5. The zero-order chi connectivity index (χ0) is 23.2. The van der Waals surface area contributed by atoms with Crippen LogP contribution in [-0.4, -0.2) is 40.7 Å². The van der Waals surface area contributed by atoms with Crippen molar-refractivity contribution in [3.05, 3.63) is 75.6 Å². The number of amides is 3. The maximum absolute atomic E-state index is 12.3. The third-order valence-electron chi connectivity index (χ3n) is 5.77. The van der Waals surface area contributed by atoms with Crippen LogP contribution < -0.4 is 5.32 Å². The predicted molar refractivity (Wildman–Crippen MR) is 129 cm³/mol. The van der Waals surface area contributed by atoms with Crippen LogP contribution in [0.3, 0.4) is 0 Å². The van der Waals surface area contributed by atoms with E-state index in [9.17, 15) is 14.4 Å². The smallest absolute Gasteiger partial charge is 0.261 e. The van der Waals surface area contributed by atoms with E-state index in [1.165, 1.54) is 10.5 Å². The molecule has 0 unspecified atom stereocenters. The van der Waals surface area contributed by atoms with Crippen LogP contribution in [0.25, 0.3) is 11.3 Å². The molecule has 0 saturated heterocycles. The third-order valence-corrected chi connectivity index (χ3v) is 6.54. The van der Waals surface area contributed by atoms with Crippen molar-refractivity contribution in [2.75, 3.05) is 13.1 Å². The predicted octanol–water partition coefficient (Wildman–Crippen LogP) is 4.63. The minimum Gasteiger partial charge on any atom is -0.356 e. The molecular formula is C26H27N3O3S. The molecule has 7 heteroatoms. The summed E-state index contributed by atoms with van der Waals surface area (Å²) in [6.45, 7) is 2.99. The number of fused-ring (bicyclic) bond motifs is 1. The Labute approximate surface area is 197 Å². The molecule has 6 nitrogen and oxygen atoms in total. The largest absolute Gasteiger partial charge is 0.356 e. The van der Waals surface area contributed by atoms with E-state index < -0.39 is 0 Å². The Kier molecular flexibility index (Phi) is 7.29. The highest BCUT2D eigenvalue weighted by Crippen LogP contribution is 2.23. The highest BCUT2D eigenvalue weighted by atomic mass is 32.1. The number of carbonyl (C=O) groups excluding carboxylic acids is 3. The standard InChI is InChI=1S/C26H27N3O3S/c1-18-28-23(17-33-18)20-12-10-19(11-13-20)14-15-27-24(30)9-3-2-6-16-29-25(31)21-7-4-5-8-22(21)26(29)32/h4-5,7-8,10-13,17H,2-3,6,9,14-16H2,1H3,(H,27,30). The molecule has 2 aromatic carbocycles. The van der Waals surface area contributed by atoms with E-state index in [0.29, 0.717) is 37.1 Å². The lowest BCUT2D eigenvalue weighted by Gasteiger charge is -2.13. The number of hydrogen-bond donors (Lipinski definition) is 1. The summed E-state index contributed by atoms with van der Waals surface area (Å²) in [6.07, 6.45) is 3.45. The fraction of sp³-hybridized carbons (Fsp3) is 0.308. The minimum atomic E-state index is -0.219. The van der Waals surface area contributed by atoms with Gasteiger partial charge in [0.25, 0.3) is 11.8 Å². The van der Waals surface area contributed by atoms with Crippen molar-refractivity contribution in [3.63, 3.8) is 0 Å². The number of thiazole rings is 1. The van der Waals surface area contributed by atoms with Crippen molar-refractivity contribution < 1.29 is 14.4 Å². The topological polar surface area (TPSA) is 79.4 Å². The van der Waals surface area contributed by atoms with Crippen LogP contribution in [-0.2, 0) is 11.2 Å². The molecule has 0 fully saturated rings. The van der Waals surface area contributed by atoms with Crippen molar-refractivity contribution in [2.45, 2.75) is 39.0 Å². The highest BCUT2D eigenvalue weighted by Gasteiger charge is 2.34. The summed E-state index contributed by atoms with van der Waals surface area (Å²) in [7, 11) is 0. The van der Waals surface area contributed by atoms with E-state index in [1.54, 1.807) is 35.6 Å². The summed E-state index contributed by atoms with van der Waals surface area (Å²) in [5.74, 6) is -0.406. The number of benzene rings is 2. The number of rotatable bonds is 10. The molecular weight excluding hydrogens is 434 g/mol. The van der Waals surface area contributed by atoms with Gasteiger partial charge in [-0.3, -0.25) is 19.3 Å². The summed E-state index contributed by atoms with van der Waals surface area (Å²) in [5, 5.41) is 6.09. The van der Waals surface area contributed by atoms with Crippen LogP contribution in [0.15, 0.2) is 53.9 Å². The number of aryl methyl sites for hydroxylation is 1. The summed E-state index contributed by atoms with van der Waals surface area (Å²) >= 11 is 1.64. The number of nitrogens with one attached hydrogen (secondary N) is 1. The molecule has 1 aromatic heterocycles. The van der Waals surface area contributed by atoms with Gasteiger partial charge in [0.1, 0.15) is 0 Å². The first-order valence-corrected chi connectivity index (χ1v) is 12.1. The fourth-order valence-electron chi connectivity index (χ4n) is 3.95. The molecule has 0 aliphatic carbocycles. The van der Waals surface area contributed by atoms with Crippen LogP contribution >= 0.6 is 11.3 Å². The second-order valence-electron chi connectivity index (χ2n) is 8.17. The lowest BCUT2D eigenvalue weighted by atomic mass is 10.1. The van der Waals surface area contributed by atoms with Gasteiger partial charge < -0.3 is 5.32 Å². The van der Waals surface area contributed by atoms with Gasteiger partial charge in [-0.1, -0.05) is 42.8 Å². The average molecular weight is 462 g/mol. The lowest BCUT2D eigenvalue weighted by molar-refractivity contribution is -0.121. The van der Waals surface area contributed by atoms with Crippen molar-refractivity contribution in [1.29, 1.82) is 0 Å². The van der Waals surface area contributed by atoms with Crippen molar-refractivity contribution in [3.8, 4) is 11.3 Å². The average Bonchev–Trinajstić information content (AvgIpc) is 3.36. The molecule has 3 aromatic rings. The van der Waals surface area contributed by atoms with Gasteiger partial charge in [0.15, 0.2) is 0 Å². The zero-order valence-electron chi connectivity index (χ0n) is 18.7. The Balaban J connectivity index is 1.11. The SMILES string of the molecule is Cc1nc(-c2ccc(CCNC(=O)CCCCCN3C(=O)c4ccccc4C3=O)cc2)cs1. The second-order valence-corrected chi connectivity index (χ2v) is 9.23. The molecule has 2 heterocycles. The Morgan fingerprint density at radius 1 is 0.970 bits per heavy atom. The maximum atomic E-state index is 12.3. The molecule has 0 bridgehead atoms. The normalized spacial score (nSPS) is 12.8. The van der Waals surface area contributed by atoms with Crippen molar-refractivity contribution >= 4 is 29.1 Å². The first-order valence-electron chi connectivity index (χ1n) is 11.3.